The molecule has 4 nitrogen and oxygen atoms in total. The van der Waals surface area contributed by atoms with Crippen molar-refractivity contribution in [1.29, 1.82) is 0 Å². The van der Waals surface area contributed by atoms with Gasteiger partial charge in [-0.3, -0.25) is 5.32 Å². The first-order valence-corrected chi connectivity index (χ1v) is 5.94. The molecule has 0 fully saturated rings. The van der Waals surface area contributed by atoms with Crippen molar-refractivity contribution in [3.8, 4) is 0 Å². The molecule has 0 spiro atoms. The summed E-state index contributed by atoms with van der Waals surface area (Å²) in [4.78, 5) is 10.4. The Kier molecular flexibility index (Phi) is 5.31. The normalized spacial score (nSPS) is 15.9. The lowest BCUT2D eigenvalue weighted by Crippen LogP contribution is -2.42. The van der Waals surface area contributed by atoms with Gasteiger partial charge in [0.25, 0.3) is 0 Å². The van der Waals surface area contributed by atoms with Crippen LogP contribution in [0.2, 0.25) is 6.55 Å². The molecule has 0 aliphatic carbocycles. The second kappa shape index (κ2) is 5.42. The summed E-state index contributed by atoms with van der Waals surface area (Å²) in [7, 11) is -0.985. The summed E-state index contributed by atoms with van der Waals surface area (Å²) < 4.78 is 10.1. The Morgan fingerprint density at radius 3 is 2.64 bits per heavy atom. The molecule has 0 amide bonds. The van der Waals surface area contributed by atoms with E-state index in [1.54, 1.807) is 6.55 Å². The van der Waals surface area contributed by atoms with E-state index in [-0.39, 0.29) is 0 Å². The lowest BCUT2D eigenvalue weighted by molar-refractivity contribution is 0.203. The fourth-order valence-electron chi connectivity index (χ4n) is 0.437. The van der Waals surface area contributed by atoms with E-state index >= 15 is 0 Å². The topological polar surface area (TPSA) is 47.6 Å². The van der Waals surface area contributed by atoms with Crippen LogP contribution in [0.4, 0.5) is 0 Å². The molecule has 0 aromatic heterocycles. The van der Waals surface area contributed by atoms with E-state index in [9.17, 15) is 4.79 Å². The van der Waals surface area contributed by atoms with Crippen LogP contribution in [-0.4, -0.2) is 34.9 Å². The highest BCUT2D eigenvalue weighted by molar-refractivity contribution is 6.90. The van der Waals surface area contributed by atoms with Gasteiger partial charge in [0.1, 0.15) is 0 Å². The predicted molar refractivity (Wildman–Crippen MR) is 45.0 cm³/mol. The third kappa shape index (κ3) is 4.26. The summed E-state index contributed by atoms with van der Waals surface area (Å²) in [5, 5.41) is 2.95. The Balaban J connectivity index is 3.60. The molecule has 0 aliphatic rings. The zero-order valence-electron chi connectivity index (χ0n) is 7.22. The number of hydrogen-bond acceptors (Lipinski definition) is 4. The van der Waals surface area contributed by atoms with Gasteiger partial charge in [-0.15, -0.1) is 0 Å². The summed E-state index contributed by atoms with van der Waals surface area (Å²) in [5.74, 6) is 0.768. The Morgan fingerprint density at radius 1 is 1.64 bits per heavy atom. The fraction of sp³-hybridized carbons (Fsp3) is 0.833. The molecule has 0 saturated heterocycles. The minimum absolute atomic E-state index is 0.381. The number of rotatable bonds is 6. The maximum absolute atomic E-state index is 10.4. The van der Waals surface area contributed by atoms with E-state index in [0.29, 0.717) is 6.73 Å². The first kappa shape index (κ1) is 10.8. The van der Waals surface area contributed by atoms with E-state index in [2.05, 4.69) is 5.32 Å². The lowest BCUT2D eigenvalue weighted by atomic mass is 10.8. The van der Waals surface area contributed by atoms with Gasteiger partial charge in [0.15, 0.2) is 5.91 Å². The molecule has 5 heteroatoms. The van der Waals surface area contributed by atoms with Crippen molar-refractivity contribution in [2.24, 2.45) is 0 Å². The summed E-state index contributed by atoms with van der Waals surface area (Å²) >= 11 is 0. The van der Waals surface area contributed by atoms with Crippen LogP contribution in [-0.2, 0) is 13.6 Å². The van der Waals surface area contributed by atoms with Crippen molar-refractivity contribution in [1.82, 2.24) is 5.32 Å². The Morgan fingerprint density at radius 2 is 2.27 bits per heavy atom. The molecule has 0 radical (unpaired) electrons. The summed E-state index contributed by atoms with van der Waals surface area (Å²) in [6, 6.07) is 0. The molecule has 1 atom stereocenters. The monoisotopic (exact) mass is 177 g/mol. The third-order valence-electron chi connectivity index (χ3n) is 1.33. The first-order chi connectivity index (χ1) is 5.18. The second-order valence-corrected chi connectivity index (χ2v) is 5.19. The molecule has 0 saturated carbocycles. The second-order valence-electron chi connectivity index (χ2n) is 2.23. The summed E-state index contributed by atoms with van der Waals surface area (Å²) in [5.41, 5.74) is 0. The molecule has 11 heavy (non-hydrogen) atoms. The van der Waals surface area contributed by atoms with Crippen molar-refractivity contribution in [2.75, 3.05) is 20.4 Å². The van der Waals surface area contributed by atoms with Gasteiger partial charge < -0.3 is 13.6 Å². The highest BCUT2D eigenvalue weighted by Gasteiger charge is 2.29. The van der Waals surface area contributed by atoms with Crippen LogP contribution < -0.4 is 5.32 Å². The fourth-order valence-corrected chi connectivity index (χ4v) is 1.11. The van der Waals surface area contributed by atoms with Gasteiger partial charge in [-0.05, 0) is 13.1 Å². The molecule has 66 valence electrons. The van der Waals surface area contributed by atoms with Crippen LogP contribution >= 0.6 is 0 Å². The molecular weight excluding hydrogens is 162 g/mol. The van der Waals surface area contributed by atoms with Crippen molar-refractivity contribution in [3.63, 3.8) is 0 Å². The predicted octanol–water partition coefficient (Wildman–Crippen LogP) is 0.0603. The average Bonchev–Trinajstić information content (AvgIpc) is 2.05. The van der Waals surface area contributed by atoms with Crippen molar-refractivity contribution in [3.05, 3.63) is 0 Å². The van der Waals surface area contributed by atoms with Crippen LogP contribution in [0.1, 0.15) is 6.92 Å². The smallest absolute Gasteiger partial charge is 0.393 e. The molecule has 1 unspecified atom stereocenters. The quantitative estimate of drug-likeness (QED) is 0.270. The lowest BCUT2D eigenvalue weighted by Gasteiger charge is -2.18. The average molecular weight is 177 g/mol. The molecule has 0 rings (SSSR count). The van der Waals surface area contributed by atoms with Crippen LogP contribution in [0.5, 0.6) is 0 Å². The number of carbonyl (C=O) groups is 1. The number of hydrogen-bond donors (Lipinski definition) is 1. The van der Waals surface area contributed by atoms with Crippen LogP contribution in [0.3, 0.4) is 0 Å². The third-order valence-corrected chi connectivity index (χ3v) is 3.29. The standard InChI is InChI=1S/C6H15NO3Si/c1-4-7-5-10-11(3,6-8)9-2/h6-7H,4-5H2,1-3H3. The van der Waals surface area contributed by atoms with Crippen molar-refractivity contribution >= 4 is 14.5 Å². The first-order valence-electron chi connectivity index (χ1n) is 3.54. The molecule has 0 aliphatic heterocycles. The SMILES string of the molecule is CCNCO[Si](C)(C=O)OC. The van der Waals surface area contributed by atoms with Crippen molar-refractivity contribution < 1.29 is 13.6 Å². The summed E-state index contributed by atoms with van der Waals surface area (Å²) in [6.45, 7) is 4.88. The molecule has 0 aromatic carbocycles. The number of nitrogens with one attached hydrogen (secondary N) is 1. The molecule has 0 aromatic rings. The Hall–Kier alpha value is -0.233. The molecule has 0 bridgehead atoms. The summed E-state index contributed by atoms with van der Waals surface area (Å²) in [6.07, 6.45) is 0. The largest absolute Gasteiger partial charge is 0.403 e. The Bertz CT molecular complexity index is 122. The molecule has 0 heterocycles. The van der Waals surface area contributed by atoms with Crippen LogP contribution in [0, 0.1) is 0 Å². The maximum Gasteiger partial charge on any atom is 0.403 e. The van der Waals surface area contributed by atoms with Crippen LogP contribution in [0.25, 0.3) is 0 Å². The zero-order chi connectivity index (χ0) is 8.74. The van der Waals surface area contributed by atoms with Gasteiger partial charge in [-0.25, -0.2) is 0 Å². The van der Waals surface area contributed by atoms with E-state index in [4.69, 9.17) is 8.85 Å². The molecule has 1 N–H and O–H groups in total. The zero-order valence-corrected chi connectivity index (χ0v) is 8.22. The maximum atomic E-state index is 10.4. The highest BCUT2D eigenvalue weighted by Crippen LogP contribution is 1.99. The minimum atomic E-state index is -2.48. The minimum Gasteiger partial charge on any atom is -0.393 e. The van der Waals surface area contributed by atoms with Gasteiger partial charge in [-0.2, -0.15) is 0 Å². The highest BCUT2D eigenvalue weighted by atomic mass is 28.4. The van der Waals surface area contributed by atoms with Crippen LogP contribution in [0.15, 0.2) is 0 Å². The van der Waals surface area contributed by atoms with Gasteiger partial charge >= 0.3 is 8.56 Å². The van der Waals surface area contributed by atoms with Gasteiger partial charge in [0.2, 0.25) is 0 Å². The van der Waals surface area contributed by atoms with E-state index in [1.165, 1.54) is 7.11 Å². The van der Waals surface area contributed by atoms with Gasteiger partial charge in [-0.1, -0.05) is 6.92 Å². The van der Waals surface area contributed by atoms with E-state index in [0.717, 1.165) is 12.5 Å². The number of carbonyl (C=O) groups excluding carboxylic acids is 1. The van der Waals surface area contributed by atoms with Crippen molar-refractivity contribution in [2.45, 2.75) is 13.5 Å². The van der Waals surface area contributed by atoms with E-state index in [1.807, 2.05) is 6.92 Å². The van der Waals surface area contributed by atoms with E-state index < -0.39 is 8.56 Å². The Labute approximate surface area is 68.1 Å². The molecular formula is C6H15NO3Si. The van der Waals surface area contributed by atoms with Gasteiger partial charge in [0, 0.05) is 7.11 Å². The van der Waals surface area contributed by atoms with Gasteiger partial charge in [0.05, 0.1) is 6.73 Å².